The molecule has 1 heteroatoms. The van der Waals surface area contributed by atoms with Crippen LogP contribution in [0.2, 0.25) is 0 Å². The van der Waals surface area contributed by atoms with Gasteiger partial charge in [-0.05, 0) is 0 Å². The summed E-state index contributed by atoms with van der Waals surface area (Å²) >= 11 is 0. The third-order valence-corrected chi connectivity index (χ3v) is 14.0. The van der Waals surface area contributed by atoms with Gasteiger partial charge in [-0.15, -0.1) is 0 Å². The fraction of sp³-hybridized carbons (Fsp3) is 0.286. The Morgan fingerprint density at radius 2 is 1.03 bits per heavy atom. The van der Waals surface area contributed by atoms with Crippen LogP contribution in [0.4, 0.5) is 0 Å². The van der Waals surface area contributed by atoms with Gasteiger partial charge in [0.05, 0.1) is 0 Å². The second kappa shape index (κ2) is 7.26. The van der Waals surface area contributed by atoms with Crippen molar-refractivity contribution >= 4 is 22.5 Å². The molecule has 0 fully saturated rings. The molecule has 150 valence electrons. The summed E-state index contributed by atoms with van der Waals surface area (Å²) in [6.07, 6.45) is 3.74. The van der Waals surface area contributed by atoms with Crippen molar-refractivity contribution in [2.75, 3.05) is 6.66 Å². The molecule has 0 amide bonds. The third kappa shape index (κ3) is 2.92. The monoisotopic (exact) mass is 400 g/mol. The van der Waals surface area contributed by atoms with Crippen molar-refractivity contribution in [2.45, 2.75) is 40.0 Å². The summed E-state index contributed by atoms with van der Waals surface area (Å²) in [7, 11) is 0. The maximum absolute atomic E-state index is 2.87. The zero-order chi connectivity index (χ0) is 20.6. The van der Waals surface area contributed by atoms with Gasteiger partial charge in [-0.25, -0.2) is 0 Å². The Morgan fingerprint density at radius 3 is 1.38 bits per heavy atom. The summed E-state index contributed by atoms with van der Waals surface area (Å²) in [5.74, 6) is 0. The van der Waals surface area contributed by atoms with Crippen LogP contribution in [0.15, 0.2) is 102 Å². The molecule has 3 aromatic carbocycles. The standard InChI is InChI=1S/C28H33P/c1-23-15-14-22-28(2,3)27(23)29(4,24-16-8-5-9-17-24,25-18-10-6-11-19-25)26-20-12-7-13-21-26/h5-13,16-21H,14-15,22H2,1-4H3. The van der Waals surface area contributed by atoms with Crippen LogP contribution < -0.4 is 15.9 Å². The molecule has 0 aromatic heterocycles. The molecule has 0 aliphatic heterocycles. The molecule has 29 heavy (non-hydrogen) atoms. The molecular weight excluding hydrogens is 367 g/mol. The molecule has 0 saturated heterocycles. The Kier molecular flexibility index (Phi) is 5.04. The van der Waals surface area contributed by atoms with Crippen LogP contribution in [-0.4, -0.2) is 6.66 Å². The topological polar surface area (TPSA) is 0 Å². The first-order chi connectivity index (χ1) is 13.9. The van der Waals surface area contributed by atoms with Crippen molar-refractivity contribution in [3.05, 3.63) is 102 Å². The molecule has 0 atom stereocenters. The first-order valence-electron chi connectivity index (χ1n) is 10.8. The predicted molar refractivity (Wildman–Crippen MR) is 131 cm³/mol. The van der Waals surface area contributed by atoms with E-state index in [0.29, 0.717) is 0 Å². The summed E-state index contributed by atoms with van der Waals surface area (Å²) in [6, 6.07) is 34.0. The third-order valence-electron chi connectivity index (χ3n) is 7.16. The first-order valence-corrected chi connectivity index (χ1v) is 13.5. The van der Waals surface area contributed by atoms with Gasteiger partial charge in [-0.1, -0.05) is 0 Å². The number of rotatable bonds is 4. The molecular formula is C28H33P. The van der Waals surface area contributed by atoms with Crippen molar-refractivity contribution in [2.24, 2.45) is 5.41 Å². The van der Waals surface area contributed by atoms with Crippen LogP contribution in [0, 0.1) is 5.41 Å². The molecule has 1 aliphatic carbocycles. The molecule has 0 bridgehead atoms. The van der Waals surface area contributed by atoms with E-state index in [2.05, 4.69) is 118 Å². The van der Waals surface area contributed by atoms with Crippen molar-refractivity contribution < 1.29 is 0 Å². The zero-order valence-corrected chi connectivity index (χ0v) is 19.1. The van der Waals surface area contributed by atoms with Crippen LogP contribution in [0.3, 0.4) is 0 Å². The number of benzene rings is 3. The van der Waals surface area contributed by atoms with E-state index in [0.717, 1.165) is 0 Å². The fourth-order valence-corrected chi connectivity index (χ4v) is 13.2. The van der Waals surface area contributed by atoms with Gasteiger partial charge in [0.2, 0.25) is 0 Å². The summed E-state index contributed by atoms with van der Waals surface area (Å²) in [4.78, 5) is 0. The van der Waals surface area contributed by atoms with E-state index in [1.165, 1.54) is 35.2 Å². The van der Waals surface area contributed by atoms with Gasteiger partial charge >= 0.3 is 177 Å². The minimum absolute atomic E-state index is 0.163. The molecule has 1 aliphatic rings. The van der Waals surface area contributed by atoms with E-state index in [4.69, 9.17) is 0 Å². The second-order valence-electron chi connectivity index (χ2n) is 9.44. The Hall–Kier alpha value is -2.17. The van der Waals surface area contributed by atoms with Crippen molar-refractivity contribution in [3.63, 3.8) is 0 Å². The second-order valence-corrected chi connectivity index (χ2v) is 14.6. The van der Waals surface area contributed by atoms with Crippen molar-refractivity contribution in [1.82, 2.24) is 0 Å². The molecule has 4 rings (SSSR count). The maximum atomic E-state index is 2.61. The zero-order valence-electron chi connectivity index (χ0n) is 18.2. The van der Waals surface area contributed by atoms with Gasteiger partial charge in [0.15, 0.2) is 0 Å². The van der Waals surface area contributed by atoms with Gasteiger partial charge in [0.25, 0.3) is 0 Å². The number of hydrogen-bond acceptors (Lipinski definition) is 0. The molecule has 0 unspecified atom stereocenters. The Labute approximate surface area is 176 Å². The Bertz CT molecular complexity index is 914. The van der Waals surface area contributed by atoms with E-state index < -0.39 is 6.60 Å². The minimum atomic E-state index is -2.87. The summed E-state index contributed by atoms with van der Waals surface area (Å²) < 4.78 is 0. The van der Waals surface area contributed by atoms with Crippen LogP contribution in [0.25, 0.3) is 0 Å². The average molecular weight is 401 g/mol. The molecule has 0 radical (unpaired) electrons. The van der Waals surface area contributed by atoms with Gasteiger partial charge in [0, 0.05) is 0 Å². The van der Waals surface area contributed by atoms with E-state index in [-0.39, 0.29) is 5.41 Å². The van der Waals surface area contributed by atoms with Crippen LogP contribution in [-0.2, 0) is 0 Å². The predicted octanol–water partition coefficient (Wildman–Crippen LogP) is 6.63. The van der Waals surface area contributed by atoms with Crippen molar-refractivity contribution in [3.8, 4) is 0 Å². The first kappa shape index (κ1) is 20.1. The summed E-state index contributed by atoms with van der Waals surface area (Å²) in [5, 5.41) is 6.11. The molecule has 3 aromatic rings. The van der Waals surface area contributed by atoms with E-state index in [9.17, 15) is 0 Å². The van der Waals surface area contributed by atoms with Gasteiger partial charge in [-0.3, -0.25) is 0 Å². The molecule has 0 nitrogen and oxygen atoms in total. The summed E-state index contributed by atoms with van der Waals surface area (Å²) in [5.41, 5.74) is 1.76. The molecule has 0 N–H and O–H groups in total. The fourth-order valence-electron chi connectivity index (χ4n) is 6.08. The van der Waals surface area contributed by atoms with Crippen LogP contribution in [0.5, 0.6) is 0 Å². The van der Waals surface area contributed by atoms with Crippen LogP contribution >= 0.6 is 6.60 Å². The average Bonchev–Trinajstić information content (AvgIpc) is 2.75. The Morgan fingerprint density at radius 1 is 0.655 bits per heavy atom. The quantitative estimate of drug-likeness (QED) is 0.431. The SMILES string of the molecule is CC1=C(P(C)(c2ccccc2)(c2ccccc2)c2ccccc2)C(C)(C)CCC1. The number of allylic oxidation sites excluding steroid dienone is 2. The van der Waals surface area contributed by atoms with Gasteiger partial charge < -0.3 is 0 Å². The molecule has 0 heterocycles. The molecule has 0 saturated carbocycles. The number of hydrogen-bond donors (Lipinski definition) is 0. The summed E-state index contributed by atoms with van der Waals surface area (Å²) in [6.45, 7) is 7.09. The van der Waals surface area contributed by atoms with E-state index in [1.807, 2.05) is 0 Å². The van der Waals surface area contributed by atoms with E-state index in [1.54, 1.807) is 10.9 Å². The Balaban J connectivity index is 2.27. The normalized spacial score (nSPS) is 18.1. The molecule has 0 spiro atoms. The van der Waals surface area contributed by atoms with Gasteiger partial charge in [-0.2, -0.15) is 0 Å². The van der Waals surface area contributed by atoms with Crippen molar-refractivity contribution in [1.29, 1.82) is 0 Å². The van der Waals surface area contributed by atoms with Crippen LogP contribution in [0.1, 0.15) is 40.0 Å². The van der Waals surface area contributed by atoms with Gasteiger partial charge in [0.1, 0.15) is 0 Å². The van der Waals surface area contributed by atoms with E-state index >= 15 is 0 Å².